The van der Waals surface area contributed by atoms with E-state index in [4.69, 9.17) is 4.74 Å². The molecule has 2 unspecified atom stereocenters. The van der Waals surface area contributed by atoms with Gasteiger partial charge in [-0.1, -0.05) is 12.1 Å². The number of ketones is 1. The Morgan fingerprint density at radius 1 is 1.27 bits per heavy atom. The van der Waals surface area contributed by atoms with Gasteiger partial charge in [0.2, 0.25) is 0 Å². The van der Waals surface area contributed by atoms with Crippen LogP contribution in [0.1, 0.15) is 29.7 Å². The number of benzene rings is 2. The predicted molar refractivity (Wildman–Crippen MR) is 120 cm³/mol. The number of hydrogen-bond donors (Lipinski definition) is 1. The molecule has 1 amide bonds. The lowest BCUT2D eigenvalue weighted by molar-refractivity contribution is -0.384. The second kappa shape index (κ2) is 7.82. The molecule has 9 nitrogen and oxygen atoms in total. The Morgan fingerprint density at radius 2 is 2.09 bits per heavy atom. The fourth-order valence-corrected chi connectivity index (χ4v) is 4.88. The van der Waals surface area contributed by atoms with Gasteiger partial charge in [-0.3, -0.25) is 24.6 Å². The number of aliphatic hydroxyl groups excluding tert-OH is 1. The van der Waals surface area contributed by atoms with Crippen LogP contribution in [0.4, 0.5) is 10.8 Å². The number of rotatable bonds is 4. The van der Waals surface area contributed by atoms with Gasteiger partial charge < -0.3 is 9.84 Å². The third-order valence-corrected chi connectivity index (χ3v) is 6.41. The molecule has 0 aliphatic carbocycles. The fourth-order valence-electron chi connectivity index (χ4n) is 4.21. The van der Waals surface area contributed by atoms with Crippen molar-refractivity contribution in [1.29, 1.82) is 0 Å². The van der Waals surface area contributed by atoms with E-state index in [0.29, 0.717) is 23.3 Å². The summed E-state index contributed by atoms with van der Waals surface area (Å²) in [6, 6.07) is 9.66. The van der Waals surface area contributed by atoms with Crippen LogP contribution in [-0.4, -0.2) is 32.8 Å². The summed E-state index contributed by atoms with van der Waals surface area (Å²) >= 11 is 1.15. The Kier molecular flexibility index (Phi) is 4.94. The largest absolute Gasteiger partial charge is 0.507 e. The van der Waals surface area contributed by atoms with Crippen molar-refractivity contribution in [1.82, 2.24) is 4.98 Å². The molecule has 5 rings (SSSR count). The lowest BCUT2D eigenvalue weighted by Crippen LogP contribution is -2.29. The van der Waals surface area contributed by atoms with E-state index in [1.807, 2.05) is 6.92 Å². The lowest BCUT2D eigenvalue weighted by atomic mass is 9.94. The van der Waals surface area contributed by atoms with Gasteiger partial charge in [0.15, 0.2) is 5.13 Å². The number of hydrogen-bond acceptors (Lipinski definition) is 8. The van der Waals surface area contributed by atoms with Crippen LogP contribution >= 0.6 is 11.3 Å². The first-order valence-corrected chi connectivity index (χ1v) is 11.0. The van der Waals surface area contributed by atoms with Gasteiger partial charge in [-0.25, -0.2) is 4.98 Å². The van der Waals surface area contributed by atoms with Crippen molar-refractivity contribution in [2.24, 2.45) is 0 Å². The number of non-ortho nitro benzene ring substituents is 1. The number of aliphatic hydroxyl groups is 1. The normalized spacial score (nSPS) is 21.2. The highest BCUT2D eigenvalue weighted by atomic mass is 32.1. The predicted octanol–water partition coefficient (Wildman–Crippen LogP) is 4.00. The highest BCUT2D eigenvalue weighted by molar-refractivity contribution is 7.14. The molecule has 2 aromatic carbocycles. The molecule has 3 heterocycles. The first-order valence-electron chi connectivity index (χ1n) is 10.1. The Labute approximate surface area is 191 Å². The number of thiazole rings is 1. The molecule has 1 fully saturated rings. The second-order valence-corrected chi connectivity index (χ2v) is 8.66. The number of Topliss-reactive ketones (excluding diaryl/α,β-unsaturated/α-hetero) is 1. The molecule has 166 valence electrons. The van der Waals surface area contributed by atoms with Gasteiger partial charge in [0.25, 0.3) is 11.5 Å². The monoisotopic (exact) mass is 463 g/mol. The van der Waals surface area contributed by atoms with E-state index in [1.54, 1.807) is 29.6 Å². The summed E-state index contributed by atoms with van der Waals surface area (Å²) in [5.74, 6) is -1.39. The van der Waals surface area contributed by atoms with E-state index in [2.05, 4.69) is 4.98 Å². The number of anilines is 1. The number of nitrogens with zero attached hydrogens (tertiary/aromatic N) is 3. The van der Waals surface area contributed by atoms with Crippen LogP contribution in [0, 0.1) is 10.1 Å². The molecule has 1 saturated heterocycles. The average Bonchev–Trinajstić information content (AvgIpc) is 3.51. The molecule has 0 saturated carbocycles. The van der Waals surface area contributed by atoms with Gasteiger partial charge in [0, 0.05) is 35.7 Å². The van der Waals surface area contributed by atoms with E-state index in [-0.39, 0.29) is 28.3 Å². The Bertz CT molecular complexity index is 1330. The fraction of sp³-hybridized carbons (Fsp3) is 0.174. The van der Waals surface area contributed by atoms with E-state index in [1.165, 1.54) is 29.3 Å². The zero-order valence-corrected chi connectivity index (χ0v) is 18.1. The zero-order chi connectivity index (χ0) is 23.3. The number of carbonyl (C=O) groups is 2. The van der Waals surface area contributed by atoms with Gasteiger partial charge in [-0.05, 0) is 36.2 Å². The molecular weight excluding hydrogens is 446 g/mol. The van der Waals surface area contributed by atoms with Crippen molar-refractivity contribution in [3.63, 3.8) is 0 Å². The maximum absolute atomic E-state index is 13.1. The minimum Gasteiger partial charge on any atom is -0.507 e. The highest BCUT2D eigenvalue weighted by Crippen LogP contribution is 2.43. The SMILES string of the molecule is CC1Cc2cc(/C(O)=C3/C(=O)C(=O)N(c4nccs4)C3c3cccc([N+](=O)[O-])c3)ccc2O1. The summed E-state index contributed by atoms with van der Waals surface area (Å²) in [4.78, 5) is 42.3. The van der Waals surface area contributed by atoms with Crippen molar-refractivity contribution in [3.05, 3.63) is 86.4 Å². The first-order chi connectivity index (χ1) is 15.8. The number of amides is 1. The molecule has 2 aliphatic heterocycles. The maximum atomic E-state index is 13.1. The van der Waals surface area contributed by atoms with Gasteiger partial charge in [-0.15, -0.1) is 11.3 Å². The van der Waals surface area contributed by atoms with E-state index in [9.17, 15) is 24.8 Å². The minimum atomic E-state index is -1.07. The molecule has 1 N–H and O–H groups in total. The van der Waals surface area contributed by atoms with Crippen molar-refractivity contribution >= 4 is 39.6 Å². The number of nitro groups is 1. The topological polar surface area (TPSA) is 123 Å². The van der Waals surface area contributed by atoms with Crippen LogP contribution in [0.25, 0.3) is 5.76 Å². The Hall–Kier alpha value is -4.05. The second-order valence-electron chi connectivity index (χ2n) is 7.79. The molecule has 3 aromatic rings. The molecule has 0 bridgehead atoms. The summed E-state index contributed by atoms with van der Waals surface area (Å²) in [6.07, 6.45) is 2.14. The van der Waals surface area contributed by atoms with Crippen molar-refractivity contribution in [3.8, 4) is 5.75 Å². The van der Waals surface area contributed by atoms with Crippen LogP contribution in [0.3, 0.4) is 0 Å². The lowest BCUT2D eigenvalue weighted by Gasteiger charge is -2.22. The number of ether oxygens (including phenoxy) is 1. The number of fused-ring (bicyclic) bond motifs is 1. The van der Waals surface area contributed by atoms with Crippen LogP contribution in [0.5, 0.6) is 5.75 Å². The van der Waals surface area contributed by atoms with E-state index in [0.717, 1.165) is 16.9 Å². The zero-order valence-electron chi connectivity index (χ0n) is 17.3. The van der Waals surface area contributed by atoms with Crippen molar-refractivity contribution < 1.29 is 24.4 Å². The van der Waals surface area contributed by atoms with Crippen LogP contribution in [0.2, 0.25) is 0 Å². The molecule has 2 atom stereocenters. The standard InChI is InChI=1S/C23H17N3O6S/c1-12-9-15-10-14(5-6-17(15)32-12)20(27)18-19(13-3-2-4-16(11-13)26(30)31)25(22(29)21(18)28)23-24-7-8-33-23/h2-8,10-12,19,27H,9H2,1H3/b20-18-. The summed E-state index contributed by atoms with van der Waals surface area (Å²) in [5, 5.41) is 24.5. The minimum absolute atomic E-state index is 0.00209. The van der Waals surface area contributed by atoms with E-state index < -0.39 is 22.7 Å². The van der Waals surface area contributed by atoms with Crippen LogP contribution < -0.4 is 9.64 Å². The average molecular weight is 463 g/mol. The Morgan fingerprint density at radius 3 is 2.82 bits per heavy atom. The molecule has 1 aromatic heterocycles. The van der Waals surface area contributed by atoms with Gasteiger partial charge in [0.05, 0.1) is 16.5 Å². The summed E-state index contributed by atoms with van der Waals surface area (Å²) < 4.78 is 5.70. The van der Waals surface area contributed by atoms with Crippen LogP contribution in [0.15, 0.2) is 59.6 Å². The quantitative estimate of drug-likeness (QED) is 0.204. The number of aromatic nitrogens is 1. The summed E-state index contributed by atoms with van der Waals surface area (Å²) in [5.41, 5.74) is 1.22. The van der Waals surface area contributed by atoms with Crippen molar-refractivity contribution in [2.45, 2.75) is 25.5 Å². The summed E-state index contributed by atoms with van der Waals surface area (Å²) in [7, 11) is 0. The Balaban J connectivity index is 1.70. The smallest absolute Gasteiger partial charge is 0.301 e. The highest BCUT2D eigenvalue weighted by Gasteiger charge is 2.48. The molecule has 0 spiro atoms. The van der Waals surface area contributed by atoms with Crippen molar-refractivity contribution in [2.75, 3.05) is 4.90 Å². The molecule has 33 heavy (non-hydrogen) atoms. The molecule has 0 radical (unpaired) electrons. The number of nitro benzene ring substituents is 1. The first kappa shape index (κ1) is 20.8. The van der Waals surface area contributed by atoms with Gasteiger partial charge >= 0.3 is 5.91 Å². The molecule has 10 heteroatoms. The van der Waals surface area contributed by atoms with E-state index >= 15 is 0 Å². The maximum Gasteiger partial charge on any atom is 0.301 e. The number of carbonyl (C=O) groups excluding carboxylic acids is 2. The third kappa shape index (κ3) is 3.44. The van der Waals surface area contributed by atoms with Gasteiger partial charge in [-0.2, -0.15) is 0 Å². The molecular formula is C23H17N3O6S. The summed E-state index contributed by atoms with van der Waals surface area (Å²) in [6.45, 7) is 1.93. The third-order valence-electron chi connectivity index (χ3n) is 5.64. The van der Waals surface area contributed by atoms with Gasteiger partial charge in [0.1, 0.15) is 17.6 Å². The van der Waals surface area contributed by atoms with Crippen LogP contribution in [-0.2, 0) is 16.0 Å². The molecule has 2 aliphatic rings.